The lowest BCUT2D eigenvalue weighted by molar-refractivity contribution is -0.140. The Morgan fingerprint density at radius 1 is 1.03 bits per heavy atom. The number of fused-ring (bicyclic) bond motifs is 3. The van der Waals surface area contributed by atoms with Crippen molar-refractivity contribution >= 4 is 34.4 Å². The average Bonchev–Trinajstić information content (AvgIpc) is 3.39. The summed E-state index contributed by atoms with van der Waals surface area (Å²) in [7, 11) is 0. The van der Waals surface area contributed by atoms with E-state index in [0.717, 1.165) is 83.3 Å². The number of piperidine rings is 1. The summed E-state index contributed by atoms with van der Waals surface area (Å²) < 4.78 is 16.7. The number of amides is 1. The van der Waals surface area contributed by atoms with E-state index < -0.39 is 5.97 Å². The molecule has 6 rings (SSSR count). The van der Waals surface area contributed by atoms with Gasteiger partial charge in [-0.3, -0.25) is 4.79 Å². The third-order valence-corrected chi connectivity index (χ3v) is 7.92. The third-order valence-electron chi connectivity index (χ3n) is 7.92. The van der Waals surface area contributed by atoms with E-state index >= 15 is 0 Å². The molecule has 7 nitrogen and oxygen atoms in total. The molecule has 0 spiro atoms. The first-order valence-corrected chi connectivity index (χ1v) is 13.5. The van der Waals surface area contributed by atoms with Gasteiger partial charge in [-0.15, -0.1) is 0 Å². The summed E-state index contributed by atoms with van der Waals surface area (Å²) in [6.45, 7) is 4.11. The zero-order valence-electron chi connectivity index (χ0n) is 21.9. The van der Waals surface area contributed by atoms with E-state index in [9.17, 15) is 9.59 Å². The van der Waals surface area contributed by atoms with Crippen molar-refractivity contribution in [3.05, 3.63) is 64.8 Å². The molecule has 1 fully saturated rings. The fraction of sp³-hybridized carbons (Fsp3) is 0.387. The van der Waals surface area contributed by atoms with Gasteiger partial charge in [0, 0.05) is 17.5 Å². The summed E-state index contributed by atoms with van der Waals surface area (Å²) in [5.74, 6) is 0.880. The maximum absolute atomic E-state index is 13.6. The molecule has 0 radical (unpaired) electrons. The summed E-state index contributed by atoms with van der Waals surface area (Å²) >= 11 is 0. The predicted octanol–water partition coefficient (Wildman–Crippen LogP) is 5.79. The molecule has 1 amide bonds. The lowest BCUT2D eigenvalue weighted by atomic mass is 9.86. The number of nitrogens with zero attached hydrogens (tertiary/aromatic N) is 2. The molecule has 1 saturated heterocycles. The molecule has 196 valence electrons. The van der Waals surface area contributed by atoms with Crippen LogP contribution in [0, 0.1) is 0 Å². The Hall–Kier alpha value is -3.87. The zero-order valence-corrected chi connectivity index (χ0v) is 21.9. The van der Waals surface area contributed by atoms with Gasteiger partial charge >= 0.3 is 5.97 Å². The number of rotatable bonds is 4. The maximum Gasteiger partial charge on any atom is 0.339 e. The van der Waals surface area contributed by atoms with Crippen molar-refractivity contribution in [2.75, 3.05) is 13.4 Å². The number of allylic oxidation sites excluding steroid dienone is 1. The molecular formula is C31H32N2O5. The van der Waals surface area contributed by atoms with Gasteiger partial charge < -0.3 is 19.1 Å². The molecule has 2 aliphatic heterocycles. The van der Waals surface area contributed by atoms with E-state index in [1.165, 1.54) is 0 Å². The Bertz CT molecular complexity index is 1440. The number of esters is 1. The van der Waals surface area contributed by atoms with Crippen molar-refractivity contribution < 1.29 is 23.8 Å². The Balaban J connectivity index is 1.33. The van der Waals surface area contributed by atoms with Gasteiger partial charge in [0.1, 0.15) is 0 Å². The lowest BCUT2D eigenvalue weighted by Crippen LogP contribution is -2.49. The van der Waals surface area contributed by atoms with Crippen molar-refractivity contribution in [3.63, 3.8) is 0 Å². The first-order chi connectivity index (χ1) is 18.5. The van der Waals surface area contributed by atoms with Gasteiger partial charge in [-0.1, -0.05) is 24.3 Å². The van der Waals surface area contributed by atoms with Gasteiger partial charge in [-0.25, -0.2) is 9.78 Å². The molecule has 38 heavy (non-hydrogen) atoms. The lowest BCUT2D eigenvalue weighted by Gasteiger charge is -2.38. The van der Waals surface area contributed by atoms with E-state index in [1.807, 2.05) is 47.4 Å². The summed E-state index contributed by atoms with van der Waals surface area (Å²) in [5, 5.41) is 0.757. The van der Waals surface area contributed by atoms with Gasteiger partial charge in [-0.05, 0) is 93.3 Å². The van der Waals surface area contributed by atoms with E-state index in [2.05, 4.69) is 19.9 Å². The SMILES string of the molecule is CC1CCCC(C)N1C(=O)COC(=O)c1c2c(nc3ccccc13)/C(=C/c1ccc3c(c1)OCO3)CCC2. The number of likely N-dealkylation sites (tertiary alicyclic amines) is 1. The fourth-order valence-corrected chi connectivity index (χ4v) is 6.10. The monoisotopic (exact) mass is 512 g/mol. The van der Waals surface area contributed by atoms with Gasteiger partial charge in [0.05, 0.1) is 16.8 Å². The predicted molar refractivity (Wildman–Crippen MR) is 145 cm³/mol. The Morgan fingerprint density at radius 2 is 1.82 bits per heavy atom. The molecular weight excluding hydrogens is 480 g/mol. The molecule has 0 saturated carbocycles. The van der Waals surface area contributed by atoms with Crippen molar-refractivity contribution in [2.24, 2.45) is 0 Å². The van der Waals surface area contributed by atoms with Crippen LogP contribution in [-0.4, -0.2) is 47.2 Å². The van der Waals surface area contributed by atoms with Crippen LogP contribution in [0.1, 0.15) is 73.1 Å². The van der Waals surface area contributed by atoms with Crippen LogP contribution in [0.5, 0.6) is 11.5 Å². The van der Waals surface area contributed by atoms with Crippen molar-refractivity contribution in [2.45, 2.75) is 64.5 Å². The maximum atomic E-state index is 13.6. The van der Waals surface area contributed by atoms with Crippen molar-refractivity contribution in [3.8, 4) is 11.5 Å². The molecule has 1 aromatic heterocycles. The number of hydrogen-bond acceptors (Lipinski definition) is 6. The quantitative estimate of drug-likeness (QED) is 0.412. The Labute approximate surface area is 222 Å². The zero-order chi connectivity index (χ0) is 26.2. The van der Waals surface area contributed by atoms with Crippen LogP contribution in [0.4, 0.5) is 0 Å². The highest BCUT2D eigenvalue weighted by atomic mass is 16.7. The first-order valence-electron chi connectivity index (χ1n) is 13.5. The highest BCUT2D eigenvalue weighted by Crippen LogP contribution is 2.38. The standard InChI is InChI=1S/C31H32N2O5/c1-19-7-5-8-20(2)33(19)28(34)17-36-31(35)29-23-10-3-4-12-25(23)32-30-22(9-6-11-24(29)30)15-21-13-14-26-27(16-21)38-18-37-26/h3-4,10,12-16,19-20H,5-9,11,17-18H2,1-2H3/b22-15+. The van der Waals surface area contributed by atoms with Crippen LogP contribution in [-0.2, 0) is 16.0 Å². The van der Waals surface area contributed by atoms with E-state index in [4.69, 9.17) is 19.2 Å². The Morgan fingerprint density at radius 3 is 2.66 bits per heavy atom. The van der Waals surface area contributed by atoms with Crippen LogP contribution in [0.2, 0.25) is 0 Å². The van der Waals surface area contributed by atoms with Gasteiger partial charge in [-0.2, -0.15) is 0 Å². The molecule has 0 bridgehead atoms. The van der Waals surface area contributed by atoms with Crippen LogP contribution in [0.3, 0.4) is 0 Å². The minimum absolute atomic E-state index is 0.131. The summed E-state index contributed by atoms with van der Waals surface area (Å²) in [6.07, 6.45) is 7.65. The van der Waals surface area contributed by atoms with E-state index in [-0.39, 0.29) is 31.4 Å². The summed E-state index contributed by atoms with van der Waals surface area (Å²) in [4.78, 5) is 33.5. The van der Waals surface area contributed by atoms with Crippen LogP contribution in [0.15, 0.2) is 42.5 Å². The molecule has 7 heteroatoms. The second-order valence-corrected chi connectivity index (χ2v) is 10.5. The second kappa shape index (κ2) is 10.1. The van der Waals surface area contributed by atoms with Crippen molar-refractivity contribution in [1.82, 2.24) is 9.88 Å². The van der Waals surface area contributed by atoms with Gasteiger partial charge in [0.2, 0.25) is 6.79 Å². The third kappa shape index (κ3) is 4.51. The smallest absolute Gasteiger partial charge is 0.339 e. The molecule has 1 aliphatic carbocycles. The fourth-order valence-electron chi connectivity index (χ4n) is 6.10. The first kappa shape index (κ1) is 24.5. The number of para-hydroxylation sites is 1. The summed E-state index contributed by atoms with van der Waals surface area (Å²) in [6, 6.07) is 13.8. The Kier molecular flexibility index (Phi) is 6.52. The normalized spacial score (nSPS) is 21.4. The van der Waals surface area contributed by atoms with Gasteiger partial charge in [0.25, 0.3) is 5.91 Å². The minimum Gasteiger partial charge on any atom is -0.454 e. The minimum atomic E-state index is -0.463. The summed E-state index contributed by atoms with van der Waals surface area (Å²) in [5.41, 5.74) is 5.03. The molecule has 3 aromatic rings. The molecule has 0 N–H and O–H groups in total. The number of aromatic nitrogens is 1. The highest BCUT2D eigenvalue weighted by molar-refractivity contribution is 6.07. The van der Waals surface area contributed by atoms with Crippen LogP contribution >= 0.6 is 0 Å². The topological polar surface area (TPSA) is 78.0 Å². The van der Waals surface area contributed by atoms with Crippen LogP contribution in [0.25, 0.3) is 22.6 Å². The van der Waals surface area contributed by atoms with E-state index in [1.54, 1.807) is 0 Å². The highest BCUT2D eigenvalue weighted by Gasteiger charge is 2.31. The largest absolute Gasteiger partial charge is 0.454 e. The van der Waals surface area contributed by atoms with Crippen LogP contribution < -0.4 is 9.47 Å². The van der Waals surface area contributed by atoms with Gasteiger partial charge in [0.15, 0.2) is 18.1 Å². The molecule has 3 heterocycles. The number of carbonyl (C=O) groups is 2. The number of benzene rings is 2. The molecule has 3 aliphatic rings. The second-order valence-electron chi connectivity index (χ2n) is 10.5. The number of ether oxygens (including phenoxy) is 3. The molecule has 2 aromatic carbocycles. The number of carbonyl (C=O) groups excluding carboxylic acids is 2. The number of pyridine rings is 1. The molecule has 2 unspecified atom stereocenters. The molecule has 2 atom stereocenters. The number of hydrogen-bond donors (Lipinski definition) is 0. The van der Waals surface area contributed by atoms with E-state index in [0.29, 0.717) is 5.56 Å². The average molecular weight is 513 g/mol. The van der Waals surface area contributed by atoms with Crippen molar-refractivity contribution in [1.29, 1.82) is 0 Å².